The molecule has 0 spiro atoms. The van der Waals surface area contributed by atoms with Crippen molar-refractivity contribution in [2.24, 2.45) is 0 Å². The van der Waals surface area contributed by atoms with Crippen molar-refractivity contribution >= 4 is 45.7 Å². The maximum Gasteiger partial charge on any atom is 0.263 e. The molecule has 3 heterocycles. The maximum absolute atomic E-state index is 14.0. The van der Waals surface area contributed by atoms with Crippen LogP contribution in [-0.4, -0.2) is 28.8 Å². The van der Waals surface area contributed by atoms with Gasteiger partial charge >= 0.3 is 0 Å². The standard InChI is InChI=1S/C21H16FN3O3S2/c1-28-16-7-6-12(10-13(16)22)14-11-29-20(23-14)24-19(27)21-9-8-18(26)25(21)15-4-2-3-5-17(15)30-21/h2-7,10-11H,8-9H2,1H3,(H,23,24,27). The zero-order valence-electron chi connectivity index (χ0n) is 15.8. The quantitative estimate of drug-likeness (QED) is 0.644. The second kappa shape index (κ2) is 7.10. The van der Waals surface area contributed by atoms with Crippen molar-refractivity contribution in [2.45, 2.75) is 22.6 Å². The average molecular weight is 442 g/mol. The number of nitrogens with zero attached hydrogens (tertiary/aromatic N) is 2. The summed E-state index contributed by atoms with van der Waals surface area (Å²) >= 11 is 2.65. The number of halogens is 1. The minimum Gasteiger partial charge on any atom is -0.494 e. The highest BCUT2D eigenvalue weighted by atomic mass is 32.2. The summed E-state index contributed by atoms with van der Waals surface area (Å²) in [6.45, 7) is 0. The monoisotopic (exact) mass is 441 g/mol. The van der Waals surface area contributed by atoms with Crippen LogP contribution in [0.15, 0.2) is 52.7 Å². The number of ether oxygens (including phenoxy) is 1. The zero-order valence-corrected chi connectivity index (χ0v) is 17.5. The van der Waals surface area contributed by atoms with E-state index >= 15 is 0 Å². The fourth-order valence-electron chi connectivity index (χ4n) is 3.78. The van der Waals surface area contributed by atoms with E-state index in [-0.39, 0.29) is 17.6 Å². The van der Waals surface area contributed by atoms with E-state index in [2.05, 4.69) is 10.3 Å². The number of benzene rings is 2. The van der Waals surface area contributed by atoms with Gasteiger partial charge in [0.25, 0.3) is 5.91 Å². The lowest BCUT2D eigenvalue weighted by Gasteiger charge is -2.29. The van der Waals surface area contributed by atoms with E-state index < -0.39 is 10.7 Å². The number of aromatic nitrogens is 1. The van der Waals surface area contributed by atoms with Gasteiger partial charge in [-0.15, -0.1) is 11.3 Å². The molecule has 1 fully saturated rings. The number of anilines is 2. The van der Waals surface area contributed by atoms with Crippen LogP contribution in [0.4, 0.5) is 15.2 Å². The number of thiazole rings is 1. The maximum atomic E-state index is 14.0. The normalized spacial score (nSPS) is 19.5. The number of thioether (sulfide) groups is 1. The summed E-state index contributed by atoms with van der Waals surface area (Å²) < 4.78 is 19.0. The van der Waals surface area contributed by atoms with E-state index in [1.807, 2.05) is 24.3 Å². The molecule has 1 saturated heterocycles. The first kappa shape index (κ1) is 19.1. The largest absolute Gasteiger partial charge is 0.494 e. The zero-order chi connectivity index (χ0) is 20.9. The Balaban J connectivity index is 1.40. The molecule has 30 heavy (non-hydrogen) atoms. The SMILES string of the molecule is COc1ccc(-c2csc(NC(=O)C34CCC(=O)N3c3ccccc3S4)n2)cc1F. The smallest absolute Gasteiger partial charge is 0.263 e. The van der Waals surface area contributed by atoms with Crippen LogP contribution in [-0.2, 0) is 9.59 Å². The highest BCUT2D eigenvalue weighted by Gasteiger charge is 2.57. The number of para-hydroxylation sites is 1. The third-order valence-corrected chi connectivity index (χ3v) is 7.43. The highest BCUT2D eigenvalue weighted by molar-refractivity contribution is 8.02. The Hall–Kier alpha value is -2.91. The van der Waals surface area contributed by atoms with Crippen LogP contribution >= 0.6 is 23.1 Å². The Morgan fingerprint density at radius 1 is 1.30 bits per heavy atom. The number of carbonyl (C=O) groups is 2. The van der Waals surface area contributed by atoms with Gasteiger partial charge < -0.3 is 4.74 Å². The summed E-state index contributed by atoms with van der Waals surface area (Å²) in [6, 6.07) is 12.1. The summed E-state index contributed by atoms with van der Waals surface area (Å²) in [7, 11) is 1.41. The second-order valence-electron chi connectivity index (χ2n) is 6.92. The molecule has 2 aromatic carbocycles. The molecule has 2 aliphatic rings. The van der Waals surface area contributed by atoms with Crippen molar-refractivity contribution in [1.29, 1.82) is 0 Å². The molecule has 1 N–H and O–H groups in total. The summed E-state index contributed by atoms with van der Waals surface area (Å²) in [6.07, 6.45) is 0.752. The van der Waals surface area contributed by atoms with Crippen molar-refractivity contribution in [3.05, 3.63) is 53.7 Å². The number of fused-ring (bicyclic) bond motifs is 3. The summed E-state index contributed by atoms with van der Waals surface area (Å²) in [5.74, 6) is -0.661. The molecule has 0 bridgehead atoms. The number of methoxy groups -OCH3 is 1. The van der Waals surface area contributed by atoms with E-state index in [4.69, 9.17) is 4.74 Å². The topological polar surface area (TPSA) is 71.5 Å². The van der Waals surface area contributed by atoms with Gasteiger partial charge in [-0.05, 0) is 36.8 Å². The van der Waals surface area contributed by atoms with Gasteiger partial charge in [0.1, 0.15) is 0 Å². The van der Waals surface area contributed by atoms with Gasteiger partial charge in [0.15, 0.2) is 21.6 Å². The third kappa shape index (κ3) is 2.88. The van der Waals surface area contributed by atoms with Crippen LogP contribution in [0.1, 0.15) is 12.8 Å². The molecule has 9 heteroatoms. The molecule has 0 radical (unpaired) electrons. The molecule has 3 aromatic rings. The molecule has 6 nitrogen and oxygen atoms in total. The molecule has 2 aliphatic heterocycles. The summed E-state index contributed by atoms with van der Waals surface area (Å²) in [5.41, 5.74) is 1.91. The first-order valence-electron chi connectivity index (χ1n) is 9.24. The van der Waals surface area contributed by atoms with E-state index in [9.17, 15) is 14.0 Å². The van der Waals surface area contributed by atoms with Crippen molar-refractivity contribution in [2.75, 3.05) is 17.3 Å². The van der Waals surface area contributed by atoms with Crippen molar-refractivity contribution in [1.82, 2.24) is 4.98 Å². The van der Waals surface area contributed by atoms with Gasteiger partial charge in [-0.25, -0.2) is 9.37 Å². The predicted octanol–water partition coefficient (Wildman–Crippen LogP) is 4.53. The Morgan fingerprint density at radius 2 is 2.13 bits per heavy atom. The van der Waals surface area contributed by atoms with Gasteiger partial charge in [-0.3, -0.25) is 19.8 Å². The number of nitrogens with one attached hydrogen (secondary N) is 1. The summed E-state index contributed by atoms with van der Waals surface area (Å²) in [4.78, 5) is 31.8. The van der Waals surface area contributed by atoms with Gasteiger partial charge in [-0.1, -0.05) is 23.9 Å². The third-order valence-electron chi connectivity index (χ3n) is 5.20. The Labute approximate surface area is 180 Å². The summed E-state index contributed by atoms with van der Waals surface area (Å²) in [5, 5.41) is 5.02. The van der Waals surface area contributed by atoms with Crippen LogP contribution in [0.25, 0.3) is 11.3 Å². The van der Waals surface area contributed by atoms with Gasteiger partial charge in [0.2, 0.25) is 5.91 Å². The Bertz CT molecular complexity index is 1180. The molecule has 0 saturated carbocycles. The van der Waals surface area contributed by atoms with E-state index in [1.165, 1.54) is 42.3 Å². The van der Waals surface area contributed by atoms with Crippen LogP contribution in [0.3, 0.4) is 0 Å². The number of rotatable bonds is 4. The molecule has 1 unspecified atom stereocenters. The van der Waals surface area contributed by atoms with Gasteiger partial charge in [0, 0.05) is 22.3 Å². The minimum atomic E-state index is -1.00. The molecule has 1 aromatic heterocycles. The lowest BCUT2D eigenvalue weighted by Crippen LogP contribution is -2.49. The molecule has 5 rings (SSSR count). The number of amides is 2. The van der Waals surface area contributed by atoms with Crippen LogP contribution in [0.5, 0.6) is 5.75 Å². The molecule has 1 atom stereocenters. The Kier molecular flexibility index (Phi) is 4.52. The van der Waals surface area contributed by atoms with E-state index in [0.29, 0.717) is 29.2 Å². The molecular weight excluding hydrogens is 425 g/mol. The van der Waals surface area contributed by atoms with Crippen LogP contribution in [0, 0.1) is 5.82 Å². The fourth-order valence-corrected chi connectivity index (χ4v) is 5.91. The fraction of sp³-hybridized carbons (Fsp3) is 0.190. The molecule has 0 aliphatic carbocycles. The second-order valence-corrected chi connectivity index (χ2v) is 9.10. The van der Waals surface area contributed by atoms with Crippen molar-refractivity contribution < 1.29 is 18.7 Å². The number of carbonyl (C=O) groups excluding carboxylic acids is 2. The van der Waals surface area contributed by atoms with Crippen LogP contribution in [0.2, 0.25) is 0 Å². The van der Waals surface area contributed by atoms with Gasteiger partial charge in [-0.2, -0.15) is 0 Å². The number of hydrogen-bond acceptors (Lipinski definition) is 6. The Morgan fingerprint density at radius 3 is 2.93 bits per heavy atom. The van der Waals surface area contributed by atoms with Crippen molar-refractivity contribution in [3.63, 3.8) is 0 Å². The number of hydrogen-bond donors (Lipinski definition) is 1. The predicted molar refractivity (Wildman–Crippen MR) is 114 cm³/mol. The van der Waals surface area contributed by atoms with Crippen molar-refractivity contribution in [3.8, 4) is 17.0 Å². The van der Waals surface area contributed by atoms with Gasteiger partial charge in [0.05, 0.1) is 18.5 Å². The van der Waals surface area contributed by atoms with Crippen LogP contribution < -0.4 is 15.0 Å². The van der Waals surface area contributed by atoms with E-state index in [0.717, 1.165) is 10.6 Å². The molecule has 2 amide bonds. The van der Waals surface area contributed by atoms with E-state index in [1.54, 1.807) is 16.3 Å². The highest BCUT2D eigenvalue weighted by Crippen LogP contribution is 2.56. The minimum absolute atomic E-state index is 0.0591. The first-order valence-corrected chi connectivity index (χ1v) is 10.9. The molecular formula is C21H16FN3O3S2. The average Bonchev–Trinajstić information content (AvgIpc) is 3.42. The molecule has 152 valence electrons. The lowest BCUT2D eigenvalue weighted by atomic mass is 10.1. The lowest BCUT2D eigenvalue weighted by molar-refractivity contribution is -0.121. The first-order chi connectivity index (χ1) is 14.5.